The van der Waals surface area contributed by atoms with Gasteiger partial charge in [0.05, 0.1) is 11.4 Å². The number of benzene rings is 1. The summed E-state index contributed by atoms with van der Waals surface area (Å²) >= 11 is 1.38. The van der Waals surface area contributed by atoms with E-state index in [2.05, 4.69) is 5.32 Å². The second kappa shape index (κ2) is 8.95. The zero-order valence-electron chi connectivity index (χ0n) is 13.0. The summed E-state index contributed by atoms with van der Waals surface area (Å²) in [5, 5.41) is 4.59. The first-order chi connectivity index (χ1) is 11.2. The minimum absolute atomic E-state index is 0.0202. The Hall–Kier alpha value is -2.34. The van der Waals surface area contributed by atoms with Gasteiger partial charge in [-0.25, -0.2) is 0 Å². The molecule has 0 aliphatic rings. The highest BCUT2D eigenvalue weighted by atomic mass is 32.1. The molecule has 0 bridgehead atoms. The lowest BCUT2D eigenvalue weighted by molar-refractivity contribution is -0.130. The Morgan fingerprint density at radius 1 is 1.17 bits per heavy atom. The molecule has 0 atom stereocenters. The fraction of sp³-hybridized carbons (Fsp3) is 0.294. The van der Waals surface area contributed by atoms with Crippen LogP contribution in [0.1, 0.15) is 16.1 Å². The number of para-hydroxylation sites is 1. The van der Waals surface area contributed by atoms with Crippen LogP contribution in [0, 0.1) is 0 Å². The second-order valence-electron chi connectivity index (χ2n) is 4.96. The minimum Gasteiger partial charge on any atom is -0.492 e. The number of ether oxygens (including phenoxy) is 1. The van der Waals surface area contributed by atoms with Crippen molar-refractivity contribution >= 4 is 23.2 Å². The van der Waals surface area contributed by atoms with Gasteiger partial charge in [-0.3, -0.25) is 9.59 Å². The molecule has 0 saturated heterocycles. The maximum atomic E-state index is 12.0. The Labute approximate surface area is 139 Å². The predicted octanol–water partition coefficient (Wildman–Crippen LogP) is 2.41. The van der Waals surface area contributed by atoms with E-state index >= 15 is 0 Å². The van der Waals surface area contributed by atoms with Crippen LogP contribution in [-0.2, 0) is 4.79 Å². The molecular weight excluding hydrogens is 312 g/mol. The molecule has 0 aliphatic carbocycles. The van der Waals surface area contributed by atoms with Crippen LogP contribution in [0.5, 0.6) is 5.75 Å². The number of thiophene rings is 1. The standard InChI is InChI=1S/C17H20N2O3S/c1-19(11-12-22-14-6-3-2-4-7-14)16(20)9-10-18-17(21)15-8-5-13-23-15/h2-8,13H,9-12H2,1H3,(H,18,21). The number of carbonyl (C=O) groups is 2. The average Bonchev–Trinajstić information content (AvgIpc) is 3.10. The van der Waals surface area contributed by atoms with E-state index in [1.54, 1.807) is 18.0 Å². The molecule has 5 nitrogen and oxygen atoms in total. The first-order valence-electron chi connectivity index (χ1n) is 7.40. The van der Waals surface area contributed by atoms with Gasteiger partial charge in [0.25, 0.3) is 5.91 Å². The van der Waals surface area contributed by atoms with Gasteiger partial charge in [-0.1, -0.05) is 24.3 Å². The number of hydrogen-bond donors (Lipinski definition) is 1. The van der Waals surface area contributed by atoms with Crippen molar-refractivity contribution in [3.63, 3.8) is 0 Å². The molecule has 2 rings (SSSR count). The summed E-state index contributed by atoms with van der Waals surface area (Å²) in [4.78, 5) is 26.0. The predicted molar refractivity (Wildman–Crippen MR) is 90.8 cm³/mol. The minimum atomic E-state index is -0.136. The third-order valence-electron chi connectivity index (χ3n) is 3.23. The fourth-order valence-corrected chi connectivity index (χ4v) is 2.55. The zero-order valence-corrected chi connectivity index (χ0v) is 13.8. The van der Waals surface area contributed by atoms with Crippen molar-refractivity contribution in [1.82, 2.24) is 10.2 Å². The van der Waals surface area contributed by atoms with E-state index in [0.29, 0.717) is 24.6 Å². The van der Waals surface area contributed by atoms with E-state index in [1.807, 2.05) is 41.8 Å². The van der Waals surface area contributed by atoms with Crippen molar-refractivity contribution in [1.29, 1.82) is 0 Å². The topological polar surface area (TPSA) is 58.6 Å². The van der Waals surface area contributed by atoms with Crippen molar-refractivity contribution < 1.29 is 14.3 Å². The maximum Gasteiger partial charge on any atom is 0.261 e. The van der Waals surface area contributed by atoms with Gasteiger partial charge in [0.15, 0.2) is 0 Å². The third kappa shape index (κ3) is 5.75. The molecule has 23 heavy (non-hydrogen) atoms. The summed E-state index contributed by atoms with van der Waals surface area (Å²) in [5.74, 6) is 0.632. The number of rotatable bonds is 8. The lowest BCUT2D eigenvalue weighted by atomic mass is 10.3. The van der Waals surface area contributed by atoms with Crippen LogP contribution in [0.15, 0.2) is 47.8 Å². The molecule has 122 valence electrons. The molecule has 1 N–H and O–H groups in total. The lowest BCUT2D eigenvalue weighted by Crippen LogP contribution is -2.34. The molecule has 0 unspecified atom stereocenters. The Balaban J connectivity index is 1.62. The summed E-state index contributed by atoms with van der Waals surface area (Å²) in [6.45, 7) is 1.28. The maximum absolute atomic E-state index is 12.0. The van der Waals surface area contributed by atoms with Gasteiger partial charge in [0.1, 0.15) is 12.4 Å². The van der Waals surface area contributed by atoms with Crippen LogP contribution in [-0.4, -0.2) is 43.5 Å². The van der Waals surface area contributed by atoms with Crippen molar-refractivity contribution in [3.05, 3.63) is 52.7 Å². The second-order valence-corrected chi connectivity index (χ2v) is 5.91. The summed E-state index contributed by atoms with van der Waals surface area (Å²) in [5.41, 5.74) is 0. The molecule has 0 spiro atoms. The van der Waals surface area contributed by atoms with Crippen molar-refractivity contribution in [2.75, 3.05) is 26.7 Å². The molecule has 0 saturated carbocycles. The van der Waals surface area contributed by atoms with Gasteiger partial charge in [0, 0.05) is 20.0 Å². The quantitative estimate of drug-likeness (QED) is 0.807. The third-order valence-corrected chi connectivity index (χ3v) is 4.10. The van der Waals surface area contributed by atoms with Gasteiger partial charge in [-0.15, -0.1) is 11.3 Å². The number of likely N-dealkylation sites (N-methyl/N-ethyl adjacent to an activating group) is 1. The summed E-state index contributed by atoms with van der Waals surface area (Å²) in [7, 11) is 1.73. The van der Waals surface area contributed by atoms with Crippen molar-refractivity contribution in [2.45, 2.75) is 6.42 Å². The van der Waals surface area contributed by atoms with E-state index in [-0.39, 0.29) is 18.2 Å². The van der Waals surface area contributed by atoms with Crippen LogP contribution in [0.3, 0.4) is 0 Å². The van der Waals surface area contributed by atoms with Gasteiger partial charge in [-0.2, -0.15) is 0 Å². The number of hydrogen-bond acceptors (Lipinski definition) is 4. The van der Waals surface area contributed by atoms with E-state index in [4.69, 9.17) is 4.74 Å². The molecule has 0 fully saturated rings. The first kappa shape index (κ1) is 17.0. The zero-order chi connectivity index (χ0) is 16.5. The van der Waals surface area contributed by atoms with Crippen LogP contribution in [0.2, 0.25) is 0 Å². The first-order valence-corrected chi connectivity index (χ1v) is 8.28. The molecule has 0 aliphatic heterocycles. The summed E-state index contributed by atoms with van der Waals surface area (Å²) < 4.78 is 5.56. The van der Waals surface area contributed by atoms with Crippen LogP contribution in [0.25, 0.3) is 0 Å². The summed E-state index contributed by atoms with van der Waals surface area (Å²) in [6, 6.07) is 13.1. The molecule has 0 radical (unpaired) electrons. The molecule has 6 heteroatoms. The highest BCUT2D eigenvalue weighted by Crippen LogP contribution is 2.08. The van der Waals surface area contributed by atoms with Gasteiger partial charge >= 0.3 is 0 Å². The Morgan fingerprint density at radius 3 is 2.65 bits per heavy atom. The van der Waals surface area contributed by atoms with E-state index in [1.165, 1.54) is 11.3 Å². The Morgan fingerprint density at radius 2 is 1.96 bits per heavy atom. The number of nitrogens with zero attached hydrogens (tertiary/aromatic N) is 1. The molecule has 1 heterocycles. The van der Waals surface area contributed by atoms with Crippen LogP contribution in [0.4, 0.5) is 0 Å². The van der Waals surface area contributed by atoms with Crippen LogP contribution >= 0.6 is 11.3 Å². The summed E-state index contributed by atoms with van der Waals surface area (Å²) in [6.07, 6.45) is 0.277. The largest absolute Gasteiger partial charge is 0.492 e. The van der Waals surface area contributed by atoms with E-state index in [0.717, 1.165) is 5.75 Å². The monoisotopic (exact) mass is 332 g/mol. The molecule has 1 aromatic heterocycles. The van der Waals surface area contributed by atoms with Gasteiger partial charge in [0.2, 0.25) is 5.91 Å². The number of amides is 2. The molecule has 2 amide bonds. The fourth-order valence-electron chi connectivity index (χ4n) is 1.91. The van der Waals surface area contributed by atoms with E-state index < -0.39 is 0 Å². The highest BCUT2D eigenvalue weighted by molar-refractivity contribution is 7.12. The molecular formula is C17H20N2O3S. The molecule has 2 aromatic rings. The SMILES string of the molecule is CN(CCOc1ccccc1)C(=O)CCNC(=O)c1cccs1. The Bertz CT molecular complexity index is 614. The Kier molecular flexibility index (Phi) is 6.62. The average molecular weight is 332 g/mol. The normalized spacial score (nSPS) is 10.1. The number of nitrogens with one attached hydrogen (secondary N) is 1. The lowest BCUT2D eigenvalue weighted by Gasteiger charge is -2.17. The van der Waals surface area contributed by atoms with E-state index in [9.17, 15) is 9.59 Å². The van der Waals surface area contributed by atoms with Crippen LogP contribution < -0.4 is 10.1 Å². The van der Waals surface area contributed by atoms with Gasteiger partial charge in [-0.05, 0) is 23.6 Å². The van der Waals surface area contributed by atoms with Gasteiger partial charge < -0.3 is 15.0 Å². The smallest absolute Gasteiger partial charge is 0.261 e. The van der Waals surface area contributed by atoms with Crippen molar-refractivity contribution in [2.24, 2.45) is 0 Å². The number of carbonyl (C=O) groups excluding carboxylic acids is 2. The van der Waals surface area contributed by atoms with Crippen molar-refractivity contribution in [3.8, 4) is 5.75 Å². The highest BCUT2D eigenvalue weighted by Gasteiger charge is 2.10. The molecule has 1 aromatic carbocycles.